The Balaban J connectivity index is 2.22. The molecule has 4 heteroatoms. The van der Waals surface area contributed by atoms with Crippen LogP contribution in [0.2, 0.25) is 0 Å². The second-order valence-corrected chi connectivity index (χ2v) is 4.64. The van der Waals surface area contributed by atoms with Crippen LogP contribution in [-0.2, 0) is 14.3 Å². The zero-order valence-corrected chi connectivity index (χ0v) is 11.8. The molecule has 0 heterocycles. The maximum atomic E-state index is 11.3. The van der Waals surface area contributed by atoms with E-state index in [0.717, 1.165) is 10.9 Å². The summed E-state index contributed by atoms with van der Waals surface area (Å²) in [5.41, 5.74) is 1.02. The van der Waals surface area contributed by atoms with Crippen LogP contribution in [0.15, 0.2) is 42.5 Å². The molecule has 0 aromatic heterocycles. The third kappa shape index (κ3) is 3.79. The molecule has 1 atom stereocenters. The number of carbonyl (C=O) groups excluding carboxylic acids is 1. The lowest BCUT2D eigenvalue weighted by Gasteiger charge is -2.18. The molecule has 0 aliphatic carbocycles. The molecule has 0 aliphatic heterocycles. The van der Waals surface area contributed by atoms with Crippen molar-refractivity contribution >= 4 is 16.7 Å². The van der Waals surface area contributed by atoms with E-state index in [4.69, 9.17) is 9.47 Å². The third-order valence-electron chi connectivity index (χ3n) is 3.04. The molecule has 106 valence electrons. The number of benzene rings is 2. The fourth-order valence-electron chi connectivity index (χ4n) is 2.14. The largest absolute Gasteiger partial charge is 0.359 e. The van der Waals surface area contributed by atoms with E-state index in [9.17, 15) is 4.79 Å². The van der Waals surface area contributed by atoms with Crippen LogP contribution < -0.4 is 5.32 Å². The molecular weight excluding hydrogens is 254 g/mol. The number of ether oxygens (including phenoxy) is 2. The van der Waals surface area contributed by atoms with Gasteiger partial charge in [-0.1, -0.05) is 36.4 Å². The Morgan fingerprint density at radius 1 is 1.20 bits per heavy atom. The van der Waals surface area contributed by atoms with Crippen molar-refractivity contribution in [1.29, 1.82) is 0 Å². The number of methoxy groups -OCH3 is 1. The summed E-state index contributed by atoms with van der Waals surface area (Å²) in [6, 6.07) is 14.1. The van der Waals surface area contributed by atoms with E-state index in [1.807, 2.05) is 18.2 Å². The van der Waals surface area contributed by atoms with Gasteiger partial charge in [0.15, 0.2) is 0 Å². The van der Waals surface area contributed by atoms with Gasteiger partial charge in [0.05, 0.1) is 12.6 Å². The molecule has 0 saturated carbocycles. The minimum atomic E-state index is -0.174. The zero-order chi connectivity index (χ0) is 14.4. The Labute approximate surface area is 118 Å². The van der Waals surface area contributed by atoms with E-state index in [-0.39, 0.29) is 18.7 Å². The third-order valence-corrected chi connectivity index (χ3v) is 3.04. The molecule has 0 bridgehead atoms. The van der Waals surface area contributed by atoms with Gasteiger partial charge in [-0.25, -0.2) is 0 Å². The standard InChI is InChI=1S/C16H19NO3/c1-12(18)17-16(10-20-11-19-2)15-8-7-13-5-3-4-6-14(13)9-15/h3-9,16H,10-11H2,1-2H3,(H,17,18). The molecule has 0 saturated heterocycles. The van der Waals surface area contributed by atoms with Crippen molar-refractivity contribution in [3.05, 3.63) is 48.0 Å². The predicted molar refractivity (Wildman–Crippen MR) is 78.3 cm³/mol. The normalized spacial score (nSPS) is 12.3. The Morgan fingerprint density at radius 3 is 2.65 bits per heavy atom. The quantitative estimate of drug-likeness (QED) is 0.650. The van der Waals surface area contributed by atoms with Gasteiger partial charge >= 0.3 is 0 Å². The molecule has 2 rings (SSSR count). The maximum absolute atomic E-state index is 11.3. The fraction of sp³-hybridized carbons (Fsp3) is 0.312. The van der Waals surface area contributed by atoms with Crippen molar-refractivity contribution in [2.75, 3.05) is 20.5 Å². The Bertz CT molecular complexity index is 583. The van der Waals surface area contributed by atoms with E-state index >= 15 is 0 Å². The first-order chi connectivity index (χ1) is 9.70. The smallest absolute Gasteiger partial charge is 0.217 e. The SMILES string of the molecule is COCOCC(NC(C)=O)c1ccc2ccccc2c1. The summed E-state index contributed by atoms with van der Waals surface area (Å²) >= 11 is 0. The first-order valence-electron chi connectivity index (χ1n) is 6.53. The van der Waals surface area contributed by atoms with E-state index in [2.05, 4.69) is 29.6 Å². The van der Waals surface area contributed by atoms with E-state index < -0.39 is 0 Å². The van der Waals surface area contributed by atoms with E-state index in [0.29, 0.717) is 6.61 Å². The predicted octanol–water partition coefficient (Wildman–Crippen LogP) is 2.64. The molecule has 1 unspecified atom stereocenters. The summed E-state index contributed by atoms with van der Waals surface area (Å²) in [5.74, 6) is -0.0795. The average Bonchev–Trinajstić information content (AvgIpc) is 2.45. The molecule has 0 fully saturated rings. The lowest BCUT2D eigenvalue weighted by molar-refractivity contribution is -0.120. The van der Waals surface area contributed by atoms with E-state index in [1.165, 1.54) is 12.3 Å². The summed E-state index contributed by atoms with van der Waals surface area (Å²) in [5, 5.41) is 5.22. The maximum Gasteiger partial charge on any atom is 0.217 e. The lowest BCUT2D eigenvalue weighted by Crippen LogP contribution is -2.29. The lowest BCUT2D eigenvalue weighted by atomic mass is 10.0. The van der Waals surface area contributed by atoms with Crippen LogP contribution in [0, 0.1) is 0 Å². The van der Waals surface area contributed by atoms with Crippen LogP contribution in [0.5, 0.6) is 0 Å². The van der Waals surface area contributed by atoms with Gasteiger partial charge in [0.2, 0.25) is 5.91 Å². The average molecular weight is 273 g/mol. The van der Waals surface area contributed by atoms with Crippen LogP contribution in [-0.4, -0.2) is 26.4 Å². The molecule has 0 radical (unpaired) electrons. The number of hydrogen-bond acceptors (Lipinski definition) is 3. The molecule has 2 aromatic carbocycles. The van der Waals surface area contributed by atoms with Crippen molar-refractivity contribution in [1.82, 2.24) is 5.32 Å². The fourth-order valence-corrected chi connectivity index (χ4v) is 2.14. The molecule has 1 amide bonds. The highest BCUT2D eigenvalue weighted by atomic mass is 16.7. The van der Waals surface area contributed by atoms with Gasteiger partial charge < -0.3 is 14.8 Å². The first-order valence-corrected chi connectivity index (χ1v) is 6.53. The van der Waals surface area contributed by atoms with Crippen molar-refractivity contribution in [2.24, 2.45) is 0 Å². The van der Waals surface area contributed by atoms with Gasteiger partial charge in [-0.2, -0.15) is 0 Å². The number of amides is 1. The van der Waals surface area contributed by atoms with Crippen LogP contribution in [0.3, 0.4) is 0 Å². The van der Waals surface area contributed by atoms with E-state index in [1.54, 1.807) is 7.11 Å². The van der Waals surface area contributed by atoms with Gasteiger partial charge in [-0.05, 0) is 22.4 Å². The van der Waals surface area contributed by atoms with Crippen LogP contribution in [0.1, 0.15) is 18.5 Å². The summed E-state index contributed by atoms with van der Waals surface area (Å²) in [7, 11) is 1.57. The zero-order valence-electron chi connectivity index (χ0n) is 11.8. The minimum Gasteiger partial charge on any atom is -0.359 e. The summed E-state index contributed by atoms with van der Waals surface area (Å²) in [4.78, 5) is 11.3. The van der Waals surface area contributed by atoms with Gasteiger partial charge in [0.1, 0.15) is 6.79 Å². The summed E-state index contributed by atoms with van der Waals surface area (Å²) < 4.78 is 10.2. The highest BCUT2D eigenvalue weighted by molar-refractivity contribution is 5.83. The summed E-state index contributed by atoms with van der Waals surface area (Å²) in [6.45, 7) is 2.10. The number of carbonyl (C=O) groups is 1. The second kappa shape index (κ2) is 7.03. The van der Waals surface area contributed by atoms with Crippen molar-refractivity contribution in [2.45, 2.75) is 13.0 Å². The Hall–Kier alpha value is -1.91. The van der Waals surface area contributed by atoms with Crippen LogP contribution >= 0.6 is 0 Å². The minimum absolute atomic E-state index is 0.0795. The molecule has 0 aliphatic rings. The molecule has 1 N–H and O–H groups in total. The van der Waals surface area contributed by atoms with Gasteiger partial charge in [-0.3, -0.25) is 4.79 Å². The molecule has 4 nitrogen and oxygen atoms in total. The van der Waals surface area contributed by atoms with Gasteiger partial charge in [0, 0.05) is 14.0 Å². The second-order valence-electron chi connectivity index (χ2n) is 4.64. The van der Waals surface area contributed by atoms with Crippen LogP contribution in [0.4, 0.5) is 0 Å². The topological polar surface area (TPSA) is 47.6 Å². The monoisotopic (exact) mass is 273 g/mol. The number of hydrogen-bond donors (Lipinski definition) is 1. The van der Waals surface area contributed by atoms with Crippen LogP contribution in [0.25, 0.3) is 10.8 Å². The molecular formula is C16H19NO3. The molecule has 2 aromatic rings. The number of rotatable bonds is 6. The Morgan fingerprint density at radius 2 is 1.95 bits per heavy atom. The van der Waals surface area contributed by atoms with Gasteiger partial charge in [-0.15, -0.1) is 0 Å². The van der Waals surface area contributed by atoms with Crippen molar-refractivity contribution < 1.29 is 14.3 Å². The van der Waals surface area contributed by atoms with Gasteiger partial charge in [0.25, 0.3) is 0 Å². The van der Waals surface area contributed by atoms with Crippen molar-refractivity contribution in [3.63, 3.8) is 0 Å². The molecule has 20 heavy (non-hydrogen) atoms. The number of nitrogens with one attached hydrogen (secondary N) is 1. The number of fused-ring (bicyclic) bond motifs is 1. The Kier molecular flexibility index (Phi) is 5.09. The van der Waals surface area contributed by atoms with Crippen molar-refractivity contribution in [3.8, 4) is 0 Å². The highest BCUT2D eigenvalue weighted by Crippen LogP contribution is 2.20. The highest BCUT2D eigenvalue weighted by Gasteiger charge is 2.13. The first kappa shape index (κ1) is 14.5. The summed E-state index contributed by atoms with van der Waals surface area (Å²) in [6.07, 6.45) is 0. The molecule has 0 spiro atoms.